The summed E-state index contributed by atoms with van der Waals surface area (Å²) in [4.78, 5) is 17.6. The summed E-state index contributed by atoms with van der Waals surface area (Å²) in [6.07, 6.45) is 5.73. The Morgan fingerprint density at radius 2 is 1.76 bits per heavy atom. The molecule has 3 fully saturated rings. The SMILES string of the molecule is O=C(C1CCN(Cc2ccccc2)CC1)N1CCC2(CCNC2)CC1. The summed E-state index contributed by atoms with van der Waals surface area (Å²) < 4.78 is 0. The van der Waals surface area contributed by atoms with Crippen LogP contribution in [0.5, 0.6) is 0 Å². The molecule has 0 aliphatic carbocycles. The molecule has 3 aliphatic heterocycles. The first-order valence-corrected chi connectivity index (χ1v) is 10.00. The van der Waals surface area contributed by atoms with Gasteiger partial charge in [0.1, 0.15) is 0 Å². The molecule has 0 aromatic heterocycles. The lowest BCUT2D eigenvalue weighted by molar-refractivity contribution is -0.139. The second-order valence-electron chi connectivity index (χ2n) is 8.29. The van der Waals surface area contributed by atoms with Crippen molar-refractivity contribution in [3.63, 3.8) is 0 Å². The van der Waals surface area contributed by atoms with E-state index in [2.05, 4.69) is 45.4 Å². The minimum absolute atomic E-state index is 0.253. The number of piperidine rings is 2. The molecule has 1 aromatic rings. The van der Waals surface area contributed by atoms with Gasteiger partial charge in [-0.3, -0.25) is 9.69 Å². The highest BCUT2D eigenvalue weighted by atomic mass is 16.2. The maximum atomic E-state index is 12.9. The average molecular weight is 341 g/mol. The third-order valence-corrected chi connectivity index (χ3v) is 6.65. The van der Waals surface area contributed by atoms with Gasteiger partial charge in [0, 0.05) is 32.1 Å². The highest BCUT2D eigenvalue weighted by Gasteiger charge is 2.39. The molecule has 0 radical (unpaired) electrons. The number of benzene rings is 1. The van der Waals surface area contributed by atoms with Crippen LogP contribution >= 0.6 is 0 Å². The standard InChI is InChI=1S/C21H31N3O/c25-20(24-14-9-21(10-15-24)8-11-22-17-21)19-6-12-23(13-7-19)16-18-4-2-1-3-5-18/h1-5,19,22H,6-17H2. The summed E-state index contributed by atoms with van der Waals surface area (Å²) in [6, 6.07) is 10.7. The number of nitrogens with one attached hydrogen (secondary N) is 1. The van der Waals surface area contributed by atoms with Gasteiger partial charge in [-0.2, -0.15) is 0 Å². The van der Waals surface area contributed by atoms with Crippen LogP contribution in [0.4, 0.5) is 0 Å². The summed E-state index contributed by atoms with van der Waals surface area (Å²) >= 11 is 0. The van der Waals surface area contributed by atoms with Crippen LogP contribution < -0.4 is 5.32 Å². The van der Waals surface area contributed by atoms with Crippen molar-refractivity contribution in [1.82, 2.24) is 15.1 Å². The van der Waals surface area contributed by atoms with Gasteiger partial charge in [-0.15, -0.1) is 0 Å². The van der Waals surface area contributed by atoms with E-state index < -0.39 is 0 Å². The molecule has 1 aromatic carbocycles. The summed E-state index contributed by atoms with van der Waals surface area (Å²) in [6.45, 7) is 7.39. The molecule has 25 heavy (non-hydrogen) atoms. The quantitative estimate of drug-likeness (QED) is 0.917. The van der Waals surface area contributed by atoms with Crippen molar-refractivity contribution >= 4 is 5.91 Å². The maximum Gasteiger partial charge on any atom is 0.225 e. The number of hydrogen-bond donors (Lipinski definition) is 1. The van der Waals surface area contributed by atoms with Crippen molar-refractivity contribution in [2.75, 3.05) is 39.3 Å². The first-order valence-electron chi connectivity index (χ1n) is 10.00. The van der Waals surface area contributed by atoms with Gasteiger partial charge in [-0.1, -0.05) is 30.3 Å². The first kappa shape index (κ1) is 17.0. The van der Waals surface area contributed by atoms with Crippen molar-refractivity contribution in [2.45, 2.75) is 38.6 Å². The zero-order valence-corrected chi connectivity index (χ0v) is 15.3. The Kier molecular flexibility index (Phi) is 5.09. The van der Waals surface area contributed by atoms with E-state index in [1.807, 2.05) is 0 Å². The average Bonchev–Trinajstić information content (AvgIpc) is 3.11. The summed E-state index contributed by atoms with van der Waals surface area (Å²) in [5, 5.41) is 3.51. The number of likely N-dealkylation sites (tertiary alicyclic amines) is 2. The largest absolute Gasteiger partial charge is 0.342 e. The summed E-state index contributed by atoms with van der Waals surface area (Å²) in [7, 11) is 0. The van der Waals surface area contributed by atoms with Gasteiger partial charge in [-0.05, 0) is 62.7 Å². The minimum atomic E-state index is 0.253. The van der Waals surface area contributed by atoms with Gasteiger partial charge in [0.25, 0.3) is 0 Å². The van der Waals surface area contributed by atoms with E-state index >= 15 is 0 Å². The molecule has 1 N–H and O–H groups in total. The van der Waals surface area contributed by atoms with Crippen LogP contribution in [0.2, 0.25) is 0 Å². The Labute approximate surface area is 151 Å². The van der Waals surface area contributed by atoms with Crippen LogP contribution in [0.25, 0.3) is 0 Å². The van der Waals surface area contributed by atoms with Crippen LogP contribution in [0.3, 0.4) is 0 Å². The van der Waals surface area contributed by atoms with Gasteiger partial charge >= 0.3 is 0 Å². The van der Waals surface area contributed by atoms with E-state index in [4.69, 9.17) is 0 Å². The predicted molar refractivity (Wildman–Crippen MR) is 100 cm³/mol. The third kappa shape index (κ3) is 3.90. The van der Waals surface area contributed by atoms with E-state index in [0.717, 1.165) is 58.7 Å². The van der Waals surface area contributed by atoms with Gasteiger partial charge in [0.2, 0.25) is 5.91 Å². The fraction of sp³-hybridized carbons (Fsp3) is 0.667. The molecule has 0 saturated carbocycles. The highest BCUT2D eigenvalue weighted by molar-refractivity contribution is 5.79. The van der Waals surface area contributed by atoms with Gasteiger partial charge < -0.3 is 10.2 Å². The van der Waals surface area contributed by atoms with E-state index in [0.29, 0.717) is 11.3 Å². The molecule has 4 nitrogen and oxygen atoms in total. The number of nitrogens with zero attached hydrogens (tertiary/aromatic N) is 2. The smallest absolute Gasteiger partial charge is 0.225 e. The van der Waals surface area contributed by atoms with Gasteiger partial charge in [0.05, 0.1) is 0 Å². The van der Waals surface area contributed by atoms with Crippen molar-refractivity contribution in [3.8, 4) is 0 Å². The normalized spacial score (nSPS) is 24.7. The molecule has 0 unspecified atom stereocenters. The Hall–Kier alpha value is -1.39. The molecule has 3 aliphatic rings. The number of rotatable bonds is 3. The van der Waals surface area contributed by atoms with E-state index in [-0.39, 0.29) is 5.92 Å². The van der Waals surface area contributed by atoms with Crippen LogP contribution in [0.15, 0.2) is 30.3 Å². The molecular weight excluding hydrogens is 310 g/mol. The van der Waals surface area contributed by atoms with Crippen LogP contribution in [0.1, 0.15) is 37.7 Å². The number of carbonyl (C=O) groups is 1. The Bertz CT molecular complexity index is 564. The maximum absolute atomic E-state index is 12.9. The lowest BCUT2D eigenvalue weighted by Crippen LogP contribution is -2.48. The van der Waals surface area contributed by atoms with Crippen LogP contribution in [-0.2, 0) is 11.3 Å². The Morgan fingerprint density at radius 1 is 1.04 bits per heavy atom. The zero-order valence-electron chi connectivity index (χ0n) is 15.3. The molecular formula is C21H31N3O. The molecule has 3 saturated heterocycles. The minimum Gasteiger partial charge on any atom is -0.342 e. The molecule has 1 spiro atoms. The number of amides is 1. The lowest BCUT2D eigenvalue weighted by atomic mass is 9.77. The molecule has 136 valence electrons. The van der Waals surface area contributed by atoms with Crippen molar-refractivity contribution < 1.29 is 4.79 Å². The number of carbonyl (C=O) groups excluding carboxylic acids is 1. The fourth-order valence-electron chi connectivity index (χ4n) is 4.86. The third-order valence-electron chi connectivity index (χ3n) is 6.65. The second-order valence-corrected chi connectivity index (χ2v) is 8.29. The topological polar surface area (TPSA) is 35.6 Å². The van der Waals surface area contributed by atoms with Crippen LogP contribution in [0, 0.1) is 11.3 Å². The lowest BCUT2D eigenvalue weighted by Gasteiger charge is -2.41. The van der Waals surface area contributed by atoms with Crippen molar-refractivity contribution in [1.29, 1.82) is 0 Å². The Balaban J connectivity index is 1.24. The Morgan fingerprint density at radius 3 is 2.40 bits per heavy atom. The second kappa shape index (κ2) is 7.46. The molecule has 1 amide bonds. The first-order chi connectivity index (χ1) is 12.2. The van der Waals surface area contributed by atoms with E-state index in [1.165, 1.54) is 24.8 Å². The van der Waals surface area contributed by atoms with E-state index in [9.17, 15) is 4.79 Å². The van der Waals surface area contributed by atoms with Gasteiger partial charge in [-0.25, -0.2) is 0 Å². The molecule has 0 atom stereocenters. The summed E-state index contributed by atoms with van der Waals surface area (Å²) in [5.74, 6) is 0.683. The monoisotopic (exact) mass is 341 g/mol. The van der Waals surface area contributed by atoms with Gasteiger partial charge in [0.15, 0.2) is 0 Å². The fourth-order valence-corrected chi connectivity index (χ4v) is 4.86. The zero-order chi connectivity index (χ0) is 17.1. The number of hydrogen-bond acceptors (Lipinski definition) is 3. The molecule has 0 bridgehead atoms. The van der Waals surface area contributed by atoms with E-state index in [1.54, 1.807) is 0 Å². The molecule has 3 heterocycles. The predicted octanol–water partition coefficient (Wildman–Crippen LogP) is 2.50. The van der Waals surface area contributed by atoms with Crippen LogP contribution in [-0.4, -0.2) is 55.0 Å². The molecule has 4 heteroatoms. The molecule has 4 rings (SSSR count). The van der Waals surface area contributed by atoms with Crippen molar-refractivity contribution in [2.24, 2.45) is 11.3 Å². The summed E-state index contributed by atoms with van der Waals surface area (Å²) in [5.41, 5.74) is 1.87. The highest BCUT2D eigenvalue weighted by Crippen LogP contribution is 2.37. The van der Waals surface area contributed by atoms with Crippen molar-refractivity contribution in [3.05, 3.63) is 35.9 Å².